The highest BCUT2D eigenvalue weighted by atomic mass is 16.5. The largest absolute Gasteiger partial charge is 0.478 e. The van der Waals surface area contributed by atoms with Gasteiger partial charge in [0.25, 0.3) is 0 Å². The van der Waals surface area contributed by atoms with E-state index in [4.69, 9.17) is 14.3 Å². The van der Waals surface area contributed by atoms with Gasteiger partial charge in [0.05, 0.1) is 12.9 Å². The third-order valence-electron chi connectivity index (χ3n) is 2.61. The average molecular weight is 212 g/mol. The van der Waals surface area contributed by atoms with Gasteiger partial charge in [-0.25, -0.2) is 4.79 Å². The Labute approximate surface area is 86.3 Å². The fraction of sp³-hybridized carbons (Fsp3) is 0.500. The van der Waals surface area contributed by atoms with E-state index in [-0.39, 0.29) is 17.2 Å². The Bertz CT molecular complexity index is 350. The Balaban J connectivity index is 2.20. The molecule has 1 saturated heterocycles. The summed E-state index contributed by atoms with van der Waals surface area (Å²) in [5, 5.41) is 18.7. The monoisotopic (exact) mass is 212 g/mol. The van der Waals surface area contributed by atoms with Crippen molar-refractivity contribution in [3.05, 3.63) is 23.7 Å². The lowest BCUT2D eigenvalue weighted by molar-refractivity contribution is 0.0619. The minimum absolute atomic E-state index is 0.0226. The summed E-state index contributed by atoms with van der Waals surface area (Å²) in [7, 11) is 0. The Morgan fingerprint density at radius 3 is 3.00 bits per heavy atom. The number of rotatable bonds is 3. The van der Waals surface area contributed by atoms with Crippen LogP contribution in [0.2, 0.25) is 0 Å². The van der Waals surface area contributed by atoms with Gasteiger partial charge in [-0.3, -0.25) is 0 Å². The zero-order valence-electron chi connectivity index (χ0n) is 8.05. The molecule has 2 atom stereocenters. The summed E-state index contributed by atoms with van der Waals surface area (Å²) in [4.78, 5) is 10.8. The molecule has 15 heavy (non-hydrogen) atoms. The number of hydrogen-bond acceptors (Lipinski definition) is 4. The number of carboxylic acid groups (broad SMARTS) is 1. The van der Waals surface area contributed by atoms with Crippen LogP contribution in [0.5, 0.6) is 0 Å². The van der Waals surface area contributed by atoms with Crippen LogP contribution in [0.4, 0.5) is 0 Å². The van der Waals surface area contributed by atoms with E-state index in [0.717, 1.165) is 6.42 Å². The average Bonchev–Trinajstić information content (AvgIpc) is 2.88. The minimum Gasteiger partial charge on any atom is -0.478 e. The summed E-state index contributed by atoms with van der Waals surface area (Å²) in [5.41, 5.74) is 0.0226. The van der Waals surface area contributed by atoms with Gasteiger partial charge in [0.15, 0.2) is 0 Å². The predicted octanol–water partition coefficient (Wildman–Crippen LogP) is 1.05. The smallest absolute Gasteiger partial charge is 0.339 e. The van der Waals surface area contributed by atoms with E-state index in [1.807, 2.05) is 0 Å². The number of hydrogen-bond donors (Lipinski definition) is 2. The van der Waals surface area contributed by atoms with Crippen LogP contribution in [-0.4, -0.2) is 29.4 Å². The van der Waals surface area contributed by atoms with Gasteiger partial charge < -0.3 is 19.4 Å². The highest BCUT2D eigenvalue weighted by Gasteiger charge is 2.30. The van der Waals surface area contributed by atoms with Gasteiger partial charge in [-0.15, -0.1) is 0 Å². The second kappa shape index (κ2) is 4.04. The molecule has 2 unspecified atom stereocenters. The van der Waals surface area contributed by atoms with E-state index in [1.165, 1.54) is 12.3 Å². The fourth-order valence-corrected chi connectivity index (χ4v) is 1.74. The van der Waals surface area contributed by atoms with Crippen molar-refractivity contribution in [1.82, 2.24) is 0 Å². The first kappa shape index (κ1) is 10.2. The van der Waals surface area contributed by atoms with Crippen LogP contribution in [0.15, 0.2) is 16.7 Å². The Kier molecular flexibility index (Phi) is 2.75. The first-order valence-corrected chi connectivity index (χ1v) is 4.76. The molecule has 82 valence electrons. The Morgan fingerprint density at radius 1 is 1.60 bits per heavy atom. The molecular formula is C10H12O5. The van der Waals surface area contributed by atoms with Crippen molar-refractivity contribution in [2.24, 2.45) is 5.92 Å². The van der Waals surface area contributed by atoms with Crippen LogP contribution >= 0.6 is 0 Å². The number of carbonyl (C=O) groups is 1. The molecule has 0 radical (unpaired) electrons. The SMILES string of the molecule is O=C(O)c1ccoc1C(O)C1CCOC1. The van der Waals surface area contributed by atoms with Gasteiger partial charge in [-0.05, 0) is 12.5 Å². The number of aliphatic hydroxyl groups excluding tert-OH is 1. The van der Waals surface area contributed by atoms with Crippen LogP contribution in [0.3, 0.4) is 0 Å². The van der Waals surface area contributed by atoms with Gasteiger partial charge >= 0.3 is 5.97 Å². The van der Waals surface area contributed by atoms with Crippen LogP contribution in [0, 0.1) is 5.92 Å². The molecule has 0 spiro atoms. The van der Waals surface area contributed by atoms with Crippen molar-refractivity contribution >= 4 is 5.97 Å². The zero-order chi connectivity index (χ0) is 10.8. The molecule has 2 N–H and O–H groups in total. The summed E-state index contributed by atoms with van der Waals surface area (Å²) in [5.74, 6) is -1.04. The molecular weight excluding hydrogens is 200 g/mol. The number of furan rings is 1. The lowest BCUT2D eigenvalue weighted by Gasteiger charge is -2.14. The van der Waals surface area contributed by atoms with Gasteiger partial charge in [0.1, 0.15) is 17.4 Å². The molecule has 2 rings (SSSR count). The topological polar surface area (TPSA) is 79.9 Å². The highest BCUT2D eigenvalue weighted by Crippen LogP contribution is 2.31. The van der Waals surface area contributed by atoms with Gasteiger partial charge in [-0.2, -0.15) is 0 Å². The molecule has 0 saturated carbocycles. The molecule has 1 fully saturated rings. The maximum atomic E-state index is 10.8. The summed E-state index contributed by atoms with van der Waals surface area (Å²) in [6.07, 6.45) is 1.10. The van der Waals surface area contributed by atoms with E-state index in [0.29, 0.717) is 13.2 Å². The third-order valence-corrected chi connectivity index (χ3v) is 2.61. The number of aromatic carboxylic acids is 1. The summed E-state index contributed by atoms with van der Waals surface area (Å²) < 4.78 is 10.1. The van der Waals surface area contributed by atoms with E-state index < -0.39 is 12.1 Å². The highest BCUT2D eigenvalue weighted by molar-refractivity contribution is 5.88. The fourth-order valence-electron chi connectivity index (χ4n) is 1.74. The second-order valence-corrected chi connectivity index (χ2v) is 3.57. The van der Waals surface area contributed by atoms with Crippen LogP contribution < -0.4 is 0 Å². The molecule has 2 heterocycles. The summed E-state index contributed by atoms with van der Waals surface area (Å²) in [6, 6.07) is 1.34. The molecule has 1 aliphatic heterocycles. The van der Waals surface area contributed by atoms with Crippen molar-refractivity contribution in [2.75, 3.05) is 13.2 Å². The predicted molar refractivity (Wildman–Crippen MR) is 49.6 cm³/mol. The summed E-state index contributed by atoms with van der Waals surface area (Å²) >= 11 is 0. The first-order valence-electron chi connectivity index (χ1n) is 4.76. The van der Waals surface area contributed by atoms with Crippen molar-refractivity contribution < 1.29 is 24.2 Å². The summed E-state index contributed by atoms with van der Waals surface area (Å²) in [6.45, 7) is 1.05. The molecule has 5 nitrogen and oxygen atoms in total. The third kappa shape index (κ3) is 1.88. The molecule has 1 aromatic heterocycles. The van der Waals surface area contributed by atoms with Gasteiger partial charge in [0, 0.05) is 12.5 Å². The number of aliphatic hydroxyl groups is 1. The lowest BCUT2D eigenvalue weighted by atomic mass is 9.98. The zero-order valence-corrected chi connectivity index (χ0v) is 8.05. The molecule has 1 aromatic rings. The van der Waals surface area contributed by atoms with Crippen molar-refractivity contribution in [1.29, 1.82) is 0 Å². The van der Waals surface area contributed by atoms with Crippen LogP contribution in [0.25, 0.3) is 0 Å². The molecule has 0 amide bonds. The van der Waals surface area contributed by atoms with Crippen LogP contribution in [0.1, 0.15) is 28.6 Å². The minimum atomic E-state index is -1.09. The molecule has 5 heteroatoms. The quantitative estimate of drug-likeness (QED) is 0.782. The molecule has 0 bridgehead atoms. The van der Waals surface area contributed by atoms with Gasteiger partial charge in [0.2, 0.25) is 0 Å². The maximum absolute atomic E-state index is 10.8. The van der Waals surface area contributed by atoms with E-state index in [1.54, 1.807) is 0 Å². The Hall–Kier alpha value is -1.33. The number of ether oxygens (including phenoxy) is 1. The Morgan fingerprint density at radius 2 is 2.40 bits per heavy atom. The normalized spacial score (nSPS) is 22.9. The molecule has 0 aliphatic carbocycles. The van der Waals surface area contributed by atoms with E-state index in [2.05, 4.69) is 0 Å². The van der Waals surface area contributed by atoms with E-state index in [9.17, 15) is 9.90 Å². The van der Waals surface area contributed by atoms with Crippen LogP contribution in [-0.2, 0) is 4.74 Å². The number of carboxylic acids is 1. The maximum Gasteiger partial charge on any atom is 0.339 e. The molecule has 1 aliphatic rings. The van der Waals surface area contributed by atoms with Crippen molar-refractivity contribution in [3.8, 4) is 0 Å². The van der Waals surface area contributed by atoms with E-state index >= 15 is 0 Å². The van der Waals surface area contributed by atoms with Gasteiger partial charge in [-0.1, -0.05) is 0 Å². The van der Waals surface area contributed by atoms with Crippen molar-refractivity contribution in [3.63, 3.8) is 0 Å². The first-order chi connectivity index (χ1) is 7.20. The molecule has 0 aromatic carbocycles. The second-order valence-electron chi connectivity index (χ2n) is 3.57. The lowest BCUT2D eigenvalue weighted by Crippen LogP contribution is -2.14. The van der Waals surface area contributed by atoms with Crippen molar-refractivity contribution in [2.45, 2.75) is 12.5 Å². The standard InChI is InChI=1S/C10H12O5/c11-8(6-1-3-14-5-6)9-7(10(12)13)2-4-15-9/h2,4,6,8,11H,1,3,5H2,(H,12,13).